The minimum absolute atomic E-state index is 0.103. The zero-order chi connectivity index (χ0) is 24.8. The van der Waals surface area contributed by atoms with Gasteiger partial charge in [0.15, 0.2) is 0 Å². The monoisotopic (exact) mass is 468 g/mol. The SMILES string of the molecule is CC(=O)O[C@H]1CC[C@@]2(C)C(=CC[C@H]3[C@@H]4CC[C@H]([C@@H](C)/C=C\C(C(C)C)C(C)C)[C@@]4(C)CC[C@@H]32)C1. The highest BCUT2D eigenvalue weighted by molar-refractivity contribution is 5.66. The molecule has 2 heteroatoms. The molecule has 0 radical (unpaired) electrons. The summed E-state index contributed by atoms with van der Waals surface area (Å²) in [6.07, 6.45) is 17.9. The van der Waals surface area contributed by atoms with Crippen LogP contribution in [0.5, 0.6) is 0 Å². The van der Waals surface area contributed by atoms with Gasteiger partial charge in [0, 0.05) is 13.3 Å². The second-order valence-corrected chi connectivity index (χ2v) is 13.8. The highest BCUT2D eigenvalue weighted by Crippen LogP contribution is 2.67. The van der Waals surface area contributed by atoms with Crippen LogP contribution in [0.2, 0.25) is 0 Å². The molecule has 8 atom stereocenters. The van der Waals surface area contributed by atoms with E-state index in [-0.39, 0.29) is 12.1 Å². The van der Waals surface area contributed by atoms with Crippen LogP contribution >= 0.6 is 0 Å². The standard InChI is InChI=1S/C32H52O2/c1-20(2)26(21(3)4)11-9-22(5)28-13-14-29-27-12-10-24-19-25(34-23(6)33)15-17-31(24,7)30(27)16-18-32(28,29)8/h9-11,20-22,25-30H,12-19H2,1-8H3/b11-9-/t22-,25-,27-,28+,29-,30-,31-,32+/m0/s1. The average molecular weight is 469 g/mol. The van der Waals surface area contributed by atoms with Crippen LogP contribution in [0.25, 0.3) is 0 Å². The van der Waals surface area contributed by atoms with Gasteiger partial charge in [0.05, 0.1) is 0 Å². The molecule has 0 bridgehead atoms. The van der Waals surface area contributed by atoms with Gasteiger partial charge in [-0.1, -0.05) is 72.3 Å². The maximum absolute atomic E-state index is 11.5. The Bertz CT molecular complexity index is 798. The molecule has 0 unspecified atom stereocenters. The van der Waals surface area contributed by atoms with Gasteiger partial charge >= 0.3 is 5.97 Å². The molecule has 0 N–H and O–H groups in total. The number of hydrogen-bond donors (Lipinski definition) is 0. The van der Waals surface area contributed by atoms with Gasteiger partial charge in [-0.3, -0.25) is 4.79 Å². The summed E-state index contributed by atoms with van der Waals surface area (Å²) in [5.41, 5.74) is 2.42. The Labute approximate surface area is 210 Å². The Morgan fingerprint density at radius 1 is 0.971 bits per heavy atom. The first-order chi connectivity index (χ1) is 16.0. The normalized spacial score (nSPS) is 40.8. The third-order valence-corrected chi connectivity index (χ3v) is 11.3. The second kappa shape index (κ2) is 9.78. The van der Waals surface area contributed by atoms with Crippen molar-refractivity contribution in [3.8, 4) is 0 Å². The first kappa shape index (κ1) is 26.0. The number of rotatable bonds is 6. The molecule has 4 aliphatic rings. The minimum atomic E-state index is -0.121. The third-order valence-electron chi connectivity index (χ3n) is 11.3. The van der Waals surface area contributed by atoms with Gasteiger partial charge in [0.25, 0.3) is 0 Å². The smallest absolute Gasteiger partial charge is 0.302 e. The van der Waals surface area contributed by atoms with Crippen LogP contribution in [-0.4, -0.2) is 12.1 Å². The number of carbonyl (C=O) groups excluding carboxylic acids is 1. The number of hydrogen-bond acceptors (Lipinski definition) is 2. The van der Waals surface area contributed by atoms with Crippen LogP contribution < -0.4 is 0 Å². The molecule has 0 aliphatic heterocycles. The molecule has 0 spiro atoms. The second-order valence-electron chi connectivity index (χ2n) is 13.8. The zero-order valence-corrected chi connectivity index (χ0v) is 23.4. The van der Waals surface area contributed by atoms with E-state index in [1.54, 1.807) is 12.5 Å². The maximum Gasteiger partial charge on any atom is 0.302 e. The Hall–Kier alpha value is -1.05. The third kappa shape index (κ3) is 4.57. The molecule has 3 saturated carbocycles. The number of carbonyl (C=O) groups is 1. The summed E-state index contributed by atoms with van der Waals surface area (Å²) in [7, 11) is 0. The Kier molecular flexibility index (Phi) is 7.48. The summed E-state index contributed by atoms with van der Waals surface area (Å²) in [4.78, 5) is 11.5. The number of ether oxygens (including phenoxy) is 1. The lowest BCUT2D eigenvalue weighted by atomic mass is 9.47. The van der Waals surface area contributed by atoms with Crippen molar-refractivity contribution in [2.24, 2.45) is 58.2 Å². The number of fused-ring (bicyclic) bond motifs is 5. The number of esters is 1. The van der Waals surface area contributed by atoms with Crippen molar-refractivity contribution in [2.75, 3.05) is 0 Å². The van der Waals surface area contributed by atoms with Crippen molar-refractivity contribution >= 4 is 5.97 Å². The molecule has 3 fully saturated rings. The van der Waals surface area contributed by atoms with E-state index in [0.717, 1.165) is 36.5 Å². The molecule has 0 aromatic rings. The van der Waals surface area contributed by atoms with Gasteiger partial charge in [0.2, 0.25) is 0 Å². The van der Waals surface area contributed by atoms with Crippen molar-refractivity contribution < 1.29 is 9.53 Å². The molecule has 0 aromatic carbocycles. The zero-order valence-electron chi connectivity index (χ0n) is 23.4. The van der Waals surface area contributed by atoms with Crippen molar-refractivity contribution in [3.05, 3.63) is 23.8 Å². The maximum atomic E-state index is 11.5. The van der Waals surface area contributed by atoms with Gasteiger partial charge in [0.1, 0.15) is 6.10 Å². The van der Waals surface area contributed by atoms with Gasteiger partial charge < -0.3 is 4.74 Å². The van der Waals surface area contributed by atoms with Gasteiger partial charge in [-0.15, -0.1) is 0 Å². The Morgan fingerprint density at radius 3 is 2.32 bits per heavy atom. The lowest BCUT2D eigenvalue weighted by Crippen LogP contribution is -2.51. The molecule has 0 saturated heterocycles. The molecule has 0 aromatic heterocycles. The van der Waals surface area contributed by atoms with E-state index in [9.17, 15) is 4.79 Å². The van der Waals surface area contributed by atoms with Crippen molar-refractivity contribution in [2.45, 2.75) is 113 Å². The lowest BCUT2D eigenvalue weighted by Gasteiger charge is -2.58. The number of allylic oxidation sites excluding steroid dienone is 3. The van der Waals surface area contributed by atoms with Crippen LogP contribution in [0.3, 0.4) is 0 Å². The summed E-state index contributed by atoms with van der Waals surface area (Å²) in [6.45, 7) is 18.8. The van der Waals surface area contributed by atoms with Crippen LogP contribution in [-0.2, 0) is 9.53 Å². The topological polar surface area (TPSA) is 26.3 Å². The molecule has 0 heterocycles. The minimum Gasteiger partial charge on any atom is -0.462 e. The van der Waals surface area contributed by atoms with E-state index in [1.807, 2.05) is 0 Å². The van der Waals surface area contributed by atoms with Crippen LogP contribution in [0.1, 0.15) is 107 Å². The predicted molar refractivity (Wildman–Crippen MR) is 142 cm³/mol. The van der Waals surface area contributed by atoms with E-state index in [4.69, 9.17) is 4.74 Å². The average Bonchev–Trinajstić information content (AvgIpc) is 3.10. The largest absolute Gasteiger partial charge is 0.462 e. The van der Waals surface area contributed by atoms with E-state index in [1.165, 1.54) is 38.5 Å². The van der Waals surface area contributed by atoms with Gasteiger partial charge in [-0.25, -0.2) is 0 Å². The molecule has 2 nitrogen and oxygen atoms in total. The van der Waals surface area contributed by atoms with Crippen molar-refractivity contribution in [1.82, 2.24) is 0 Å². The van der Waals surface area contributed by atoms with E-state index < -0.39 is 0 Å². The van der Waals surface area contributed by atoms with Crippen LogP contribution in [0.15, 0.2) is 23.8 Å². The van der Waals surface area contributed by atoms with E-state index in [2.05, 4.69) is 66.7 Å². The summed E-state index contributed by atoms with van der Waals surface area (Å²) in [5, 5.41) is 0. The molecular formula is C32H52O2. The summed E-state index contributed by atoms with van der Waals surface area (Å²) >= 11 is 0. The fourth-order valence-electron chi connectivity index (χ4n) is 9.52. The van der Waals surface area contributed by atoms with Crippen molar-refractivity contribution in [3.63, 3.8) is 0 Å². The van der Waals surface area contributed by atoms with Gasteiger partial charge in [-0.2, -0.15) is 0 Å². The Morgan fingerprint density at radius 2 is 1.68 bits per heavy atom. The summed E-state index contributed by atoms with van der Waals surface area (Å²) in [5.74, 6) is 6.04. The highest BCUT2D eigenvalue weighted by atomic mass is 16.5. The molecular weight excluding hydrogens is 416 g/mol. The highest BCUT2D eigenvalue weighted by Gasteiger charge is 2.59. The first-order valence-electron chi connectivity index (χ1n) is 14.5. The van der Waals surface area contributed by atoms with Gasteiger partial charge in [-0.05, 0) is 103 Å². The fraction of sp³-hybridized carbons (Fsp3) is 0.844. The fourth-order valence-corrected chi connectivity index (χ4v) is 9.52. The molecule has 34 heavy (non-hydrogen) atoms. The Balaban J connectivity index is 1.49. The van der Waals surface area contributed by atoms with E-state index >= 15 is 0 Å². The van der Waals surface area contributed by atoms with Crippen LogP contribution in [0.4, 0.5) is 0 Å². The predicted octanol–water partition coefficient (Wildman–Crippen LogP) is 8.62. The molecule has 0 amide bonds. The molecule has 192 valence electrons. The molecule has 4 rings (SSSR count). The van der Waals surface area contributed by atoms with Crippen LogP contribution in [0, 0.1) is 58.2 Å². The summed E-state index contributed by atoms with van der Waals surface area (Å²) < 4.78 is 5.63. The first-order valence-corrected chi connectivity index (χ1v) is 14.5. The van der Waals surface area contributed by atoms with Crippen molar-refractivity contribution in [1.29, 1.82) is 0 Å². The lowest BCUT2D eigenvalue weighted by molar-refractivity contribution is -0.148. The van der Waals surface area contributed by atoms with E-state index in [0.29, 0.717) is 34.5 Å². The quantitative estimate of drug-likeness (QED) is 0.288. The molecule has 4 aliphatic carbocycles. The summed E-state index contributed by atoms with van der Waals surface area (Å²) in [6, 6.07) is 0.